The van der Waals surface area contributed by atoms with Crippen LogP contribution >= 0.6 is 0 Å². The van der Waals surface area contributed by atoms with Crippen molar-refractivity contribution >= 4 is 65.1 Å². The van der Waals surface area contributed by atoms with Gasteiger partial charge in [-0.25, -0.2) is 9.78 Å². The molecule has 1 aromatic rings. The van der Waals surface area contributed by atoms with Gasteiger partial charge in [0.15, 0.2) is 0 Å². The van der Waals surface area contributed by atoms with E-state index in [2.05, 4.69) is 52.5 Å². The number of carbonyl (C=O) groups excluding carboxylic acids is 9. The summed E-state index contributed by atoms with van der Waals surface area (Å²) in [5, 5.41) is 37.6. The van der Waals surface area contributed by atoms with Gasteiger partial charge in [0.2, 0.25) is 53.2 Å². The smallest absolute Gasteiger partial charge is 0.326 e. The van der Waals surface area contributed by atoms with Crippen LogP contribution < -0.4 is 54.0 Å². The molecule has 1 rings (SSSR count). The second kappa shape index (κ2) is 27.5. The number of primary amides is 1. The van der Waals surface area contributed by atoms with E-state index in [1.165, 1.54) is 26.4 Å². The second-order valence-electron chi connectivity index (χ2n) is 16.4. The molecule has 0 saturated heterocycles. The number of amides is 9. The van der Waals surface area contributed by atoms with Crippen molar-refractivity contribution in [2.75, 3.05) is 13.1 Å². The number of carboxylic acid groups (broad SMARTS) is 2. The van der Waals surface area contributed by atoms with Crippen LogP contribution in [0.5, 0.6) is 0 Å². The summed E-state index contributed by atoms with van der Waals surface area (Å²) in [6.45, 7) is 11.9. The predicted octanol–water partition coefficient (Wildman–Crippen LogP) is -3.74. The molecule has 0 radical (unpaired) electrons. The third-order valence-electron chi connectivity index (χ3n) is 10.4. The molecular formula is C40H66N12O13. The Bertz CT molecular complexity index is 1840. The fourth-order valence-corrected chi connectivity index (χ4v) is 5.94. The van der Waals surface area contributed by atoms with Gasteiger partial charge in [-0.1, -0.05) is 68.2 Å². The van der Waals surface area contributed by atoms with Crippen molar-refractivity contribution in [3.63, 3.8) is 0 Å². The minimum atomic E-state index is -1.83. The highest BCUT2D eigenvalue weighted by molar-refractivity contribution is 5.98. The van der Waals surface area contributed by atoms with Gasteiger partial charge < -0.3 is 69.2 Å². The molecule has 25 nitrogen and oxygen atoms in total. The Morgan fingerprint density at radius 2 is 1.11 bits per heavy atom. The number of nitrogens with zero attached hydrogens (tertiary/aromatic N) is 1. The van der Waals surface area contributed by atoms with Crippen molar-refractivity contribution in [3.05, 3.63) is 18.2 Å². The number of rotatable bonds is 29. The highest BCUT2D eigenvalue weighted by Gasteiger charge is 2.35. The lowest BCUT2D eigenvalue weighted by atomic mass is 9.96. The van der Waals surface area contributed by atoms with Crippen molar-refractivity contribution in [3.8, 4) is 0 Å². The molecule has 0 fully saturated rings. The molecule has 1 aromatic heterocycles. The first-order valence-corrected chi connectivity index (χ1v) is 21.1. The van der Waals surface area contributed by atoms with Crippen LogP contribution in [0.25, 0.3) is 0 Å². The summed E-state index contributed by atoms with van der Waals surface area (Å²) in [5.74, 6) is -13.0. The summed E-state index contributed by atoms with van der Waals surface area (Å²) in [5.41, 5.74) is 11.9. The van der Waals surface area contributed by atoms with Gasteiger partial charge >= 0.3 is 11.9 Å². The first kappa shape index (κ1) is 56.4. The minimum absolute atomic E-state index is 0.00613. The monoisotopic (exact) mass is 922 g/mol. The van der Waals surface area contributed by atoms with Crippen LogP contribution in [0.2, 0.25) is 0 Å². The maximum absolute atomic E-state index is 13.7. The van der Waals surface area contributed by atoms with Crippen LogP contribution in [0, 0.1) is 23.7 Å². The van der Waals surface area contributed by atoms with Crippen molar-refractivity contribution in [1.29, 1.82) is 0 Å². The minimum Gasteiger partial charge on any atom is -0.481 e. The number of carboxylic acids is 2. The molecule has 25 heteroatoms. The lowest BCUT2D eigenvalue weighted by Crippen LogP contribution is -2.60. The molecule has 0 aliphatic carbocycles. The van der Waals surface area contributed by atoms with E-state index in [4.69, 9.17) is 11.5 Å². The van der Waals surface area contributed by atoms with E-state index in [9.17, 15) is 63.0 Å². The van der Waals surface area contributed by atoms with Crippen molar-refractivity contribution in [2.45, 2.75) is 130 Å². The number of H-pyrrole nitrogens is 1. The zero-order chi connectivity index (χ0) is 49.7. The van der Waals surface area contributed by atoms with Crippen LogP contribution in [0.3, 0.4) is 0 Å². The number of nitrogens with two attached hydrogens (primary N) is 2. The third-order valence-corrected chi connectivity index (χ3v) is 10.4. The predicted molar refractivity (Wildman–Crippen MR) is 230 cm³/mol. The fraction of sp³-hybridized carbons (Fsp3) is 0.650. The molecule has 0 spiro atoms. The Labute approximate surface area is 376 Å². The van der Waals surface area contributed by atoms with Gasteiger partial charge in [0, 0.05) is 18.3 Å². The molecule has 9 atom stereocenters. The molecule has 1 heterocycles. The SMILES string of the molecule is CC[C@H](C)[C@H](N)C(=O)N[C@@H](Cc1cnc[nH]1)C(=O)N[C@H](C(=O)N[C@H](C(=O)NCC(=O)NCC(=O)N[C@@H](CC(N)=O)C(=O)N[C@@H](CC(=O)O)C(=O)N[C@H](C(=O)O)C(C)C)[C@@H](C)CC)C(C)C. The molecule has 0 aliphatic rings. The van der Waals surface area contributed by atoms with Gasteiger partial charge in [0.1, 0.15) is 36.3 Å². The van der Waals surface area contributed by atoms with Gasteiger partial charge in [0.05, 0.1) is 38.3 Å². The normalized spacial score (nSPS) is 15.2. The van der Waals surface area contributed by atoms with E-state index >= 15 is 0 Å². The number of aliphatic carboxylic acids is 2. The number of aromatic nitrogens is 2. The van der Waals surface area contributed by atoms with E-state index in [0.29, 0.717) is 18.5 Å². The Morgan fingerprint density at radius 1 is 0.600 bits per heavy atom. The molecule has 0 bridgehead atoms. The van der Waals surface area contributed by atoms with Crippen LogP contribution in [-0.4, -0.2) is 141 Å². The zero-order valence-corrected chi connectivity index (χ0v) is 37.9. The number of aromatic amines is 1. The molecule has 9 amide bonds. The third kappa shape index (κ3) is 19.7. The van der Waals surface area contributed by atoms with E-state index < -0.39 is 151 Å². The quantitative estimate of drug-likeness (QED) is 0.0367. The highest BCUT2D eigenvalue weighted by Crippen LogP contribution is 2.12. The van der Waals surface area contributed by atoms with Crippen LogP contribution in [-0.2, 0) is 59.2 Å². The van der Waals surface area contributed by atoms with Gasteiger partial charge in [0.25, 0.3) is 0 Å². The second-order valence-corrected chi connectivity index (χ2v) is 16.4. The molecule has 15 N–H and O–H groups in total. The van der Waals surface area contributed by atoms with Gasteiger partial charge in [-0.2, -0.15) is 0 Å². The molecule has 0 aromatic carbocycles. The summed E-state index contributed by atoms with van der Waals surface area (Å²) in [4.78, 5) is 147. The Balaban J connectivity index is 3.01. The number of hydrogen-bond acceptors (Lipinski definition) is 13. The molecule has 364 valence electrons. The van der Waals surface area contributed by atoms with E-state index in [-0.39, 0.29) is 12.3 Å². The molecule has 0 saturated carbocycles. The average Bonchev–Trinajstić information content (AvgIpc) is 3.75. The number of carbonyl (C=O) groups is 11. The topological polar surface area (TPSA) is 405 Å². The Morgan fingerprint density at radius 3 is 1.62 bits per heavy atom. The summed E-state index contributed by atoms with van der Waals surface area (Å²) < 4.78 is 0. The summed E-state index contributed by atoms with van der Waals surface area (Å²) in [6.07, 6.45) is 2.05. The van der Waals surface area contributed by atoms with Crippen LogP contribution in [0.1, 0.15) is 86.8 Å². The lowest BCUT2D eigenvalue weighted by molar-refractivity contribution is -0.144. The molecule has 0 unspecified atom stereocenters. The standard InChI is InChI=1S/C40H66N12O13/c1-9-20(7)30(42)37(61)49-23(11-22-14-43-17-46-22)35(59)50-31(18(3)4)39(63)52-33(21(8)10-2)38(62)45-15-27(54)44-16-28(55)47-24(12-26(41)53)34(58)48-25(13-29(56)57)36(60)51-32(19(5)6)40(64)65/h14,17-21,23-25,30-33H,9-13,15-16,42H2,1-8H3,(H2,41,53)(H,43,46)(H,44,54)(H,45,62)(H,47,55)(H,48,58)(H,49,61)(H,50,59)(H,51,60)(H,52,63)(H,56,57)(H,64,65)/t20-,21-,23-,24-,25-,30-,31-,32-,33-/m0/s1. The number of nitrogens with one attached hydrogen (secondary N) is 9. The van der Waals surface area contributed by atoms with Crippen LogP contribution in [0.15, 0.2) is 12.5 Å². The summed E-state index contributed by atoms with van der Waals surface area (Å²) in [7, 11) is 0. The van der Waals surface area contributed by atoms with Gasteiger partial charge in [-0.05, 0) is 23.7 Å². The van der Waals surface area contributed by atoms with Gasteiger partial charge in [-0.15, -0.1) is 0 Å². The largest absolute Gasteiger partial charge is 0.481 e. The molecule has 65 heavy (non-hydrogen) atoms. The van der Waals surface area contributed by atoms with E-state index in [0.717, 1.165) is 0 Å². The van der Waals surface area contributed by atoms with Crippen molar-refractivity contribution in [1.82, 2.24) is 52.5 Å². The number of hydrogen-bond donors (Lipinski definition) is 13. The molecular weight excluding hydrogens is 857 g/mol. The first-order valence-electron chi connectivity index (χ1n) is 21.1. The molecule has 0 aliphatic heterocycles. The fourth-order valence-electron chi connectivity index (χ4n) is 5.94. The Hall–Kier alpha value is -6.66. The van der Waals surface area contributed by atoms with Gasteiger partial charge in [-0.3, -0.25) is 47.9 Å². The van der Waals surface area contributed by atoms with Crippen LogP contribution in [0.4, 0.5) is 0 Å². The zero-order valence-electron chi connectivity index (χ0n) is 37.9. The highest BCUT2D eigenvalue weighted by atomic mass is 16.4. The first-order chi connectivity index (χ1) is 30.3. The summed E-state index contributed by atoms with van der Waals surface area (Å²) in [6, 6.07) is -9.52. The van der Waals surface area contributed by atoms with Crippen molar-refractivity contribution in [2.24, 2.45) is 35.1 Å². The summed E-state index contributed by atoms with van der Waals surface area (Å²) >= 11 is 0. The van der Waals surface area contributed by atoms with E-state index in [1.807, 2.05) is 6.92 Å². The van der Waals surface area contributed by atoms with E-state index in [1.54, 1.807) is 34.6 Å². The Kier molecular flexibility index (Phi) is 23.9. The maximum Gasteiger partial charge on any atom is 0.326 e. The van der Waals surface area contributed by atoms with Crippen molar-refractivity contribution < 1.29 is 63.0 Å². The number of imidazole rings is 1. The average molecular weight is 923 g/mol. The lowest BCUT2D eigenvalue weighted by Gasteiger charge is -2.29. The maximum atomic E-state index is 13.7.